The standard InChI is InChI=1S/C16H16BrN3O2/c1-11(12-3-2-4-14(18)9-12)19-20-16(21)10-22-15-7-5-13(17)6-8-15/h2-9H,10,18H2,1H3,(H,20,21)/b19-11-. The van der Waals surface area contributed by atoms with Gasteiger partial charge in [0.25, 0.3) is 5.91 Å². The van der Waals surface area contributed by atoms with Crippen molar-refractivity contribution < 1.29 is 9.53 Å². The van der Waals surface area contributed by atoms with Gasteiger partial charge in [-0.3, -0.25) is 4.79 Å². The van der Waals surface area contributed by atoms with Gasteiger partial charge in [-0.1, -0.05) is 28.1 Å². The van der Waals surface area contributed by atoms with Crippen LogP contribution in [-0.4, -0.2) is 18.2 Å². The summed E-state index contributed by atoms with van der Waals surface area (Å²) < 4.78 is 6.31. The zero-order valence-corrected chi connectivity index (χ0v) is 13.6. The molecule has 0 heterocycles. The number of rotatable bonds is 5. The van der Waals surface area contributed by atoms with Crippen molar-refractivity contribution in [1.29, 1.82) is 0 Å². The predicted octanol–water partition coefficient (Wildman–Crippen LogP) is 2.95. The molecule has 114 valence electrons. The Morgan fingerprint density at radius 3 is 2.68 bits per heavy atom. The predicted molar refractivity (Wildman–Crippen MR) is 90.8 cm³/mol. The Labute approximate surface area is 137 Å². The Hall–Kier alpha value is -2.34. The van der Waals surface area contributed by atoms with E-state index in [1.807, 2.05) is 24.3 Å². The number of anilines is 1. The van der Waals surface area contributed by atoms with Crippen LogP contribution in [0.3, 0.4) is 0 Å². The molecule has 0 bridgehead atoms. The second kappa shape index (κ2) is 7.61. The van der Waals surface area contributed by atoms with E-state index in [2.05, 4.69) is 26.5 Å². The van der Waals surface area contributed by atoms with E-state index in [0.717, 1.165) is 10.0 Å². The SMILES string of the molecule is C/C(=N/NC(=O)COc1ccc(Br)cc1)c1cccc(N)c1. The average molecular weight is 362 g/mol. The van der Waals surface area contributed by atoms with Crippen LogP contribution in [0.15, 0.2) is 58.1 Å². The second-order valence-electron chi connectivity index (χ2n) is 4.60. The number of hydrogen-bond acceptors (Lipinski definition) is 4. The lowest BCUT2D eigenvalue weighted by Gasteiger charge is -2.06. The molecule has 2 aromatic carbocycles. The molecule has 0 unspecified atom stereocenters. The first kappa shape index (κ1) is 16.0. The Balaban J connectivity index is 1.86. The van der Waals surface area contributed by atoms with Crippen molar-refractivity contribution >= 4 is 33.2 Å². The molecule has 0 atom stereocenters. The van der Waals surface area contributed by atoms with Crippen molar-refractivity contribution in [3.05, 3.63) is 58.6 Å². The fraction of sp³-hybridized carbons (Fsp3) is 0.125. The number of benzene rings is 2. The molecule has 0 radical (unpaired) electrons. The number of hydrogen-bond donors (Lipinski definition) is 2. The summed E-state index contributed by atoms with van der Waals surface area (Å²) in [6.07, 6.45) is 0. The molecule has 0 aromatic heterocycles. The number of halogens is 1. The van der Waals surface area contributed by atoms with Crippen LogP contribution in [0.4, 0.5) is 5.69 Å². The molecule has 0 spiro atoms. The van der Waals surface area contributed by atoms with E-state index in [1.54, 1.807) is 31.2 Å². The molecule has 0 fully saturated rings. The molecule has 0 aliphatic carbocycles. The molecule has 2 rings (SSSR count). The summed E-state index contributed by atoms with van der Waals surface area (Å²) in [5, 5.41) is 4.04. The van der Waals surface area contributed by atoms with Crippen LogP contribution in [0.2, 0.25) is 0 Å². The topological polar surface area (TPSA) is 76.7 Å². The van der Waals surface area contributed by atoms with E-state index < -0.39 is 0 Å². The Morgan fingerprint density at radius 2 is 2.00 bits per heavy atom. The average Bonchev–Trinajstić information content (AvgIpc) is 2.52. The van der Waals surface area contributed by atoms with E-state index in [-0.39, 0.29) is 12.5 Å². The minimum absolute atomic E-state index is 0.102. The van der Waals surface area contributed by atoms with Crippen LogP contribution < -0.4 is 15.9 Å². The van der Waals surface area contributed by atoms with Gasteiger partial charge in [-0.05, 0) is 48.9 Å². The first-order valence-corrected chi connectivity index (χ1v) is 7.41. The maximum absolute atomic E-state index is 11.7. The monoisotopic (exact) mass is 361 g/mol. The largest absolute Gasteiger partial charge is 0.484 e. The highest BCUT2D eigenvalue weighted by atomic mass is 79.9. The summed E-state index contributed by atoms with van der Waals surface area (Å²) in [4.78, 5) is 11.7. The van der Waals surface area contributed by atoms with E-state index in [9.17, 15) is 4.79 Å². The lowest BCUT2D eigenvalue weighted by atomic mass is 10.1. The molecule has 3 N–H and O–H groups in total. The highest BCUT2D eigenvalue weighted by Gasteiger charge is 2.03. The third kappa shape index (κ3) is 4.89. The first-order chi connectivity index (χ1) is 10.5. The molecule has 0 aliphatic heterocycles. The lowest BCUT2D eigenvalue weighted by molar-refractivity contribution is -0.123. The molecule has 0 saturated carbocycles. The minimum atomic E-state index is -0.328. The Kier molecular flexibility index (Phi) is 5.55. The second-order valence-corrected chi connectivity index (χ2v) is 5.52. The summed E-state index contributed by atoms with van der Waals surface area (Å²) in [7, 11) is 0. The summed E-state index contributed by atoms with van der Waals surface area (Å²) in [6, 6.07) is 14.5. The van der Waals surface area contributed by atoms with Gasteiger partial charge < -0.3 is 10.5 Å². The number of carbonyl (C=O) groups excluding carboxylic acids is 1. The van der Waals surface area contributed by atoms with Gasteiger partial charge in [-0.25, -0.2) is 5.43 Å². The molecule has 2 aromatic rings. The van der Waals surface area contributed by atoms with Gasteiger partial charge in [-0.2, -0.15) is 5.10 Å². The van der Waals surface area contributed by atoms with Gasteiger partial charge in [0.15, 0.2) is 6.61 Å². The van der Waals surface area contributed by atoms with Crippen LogP contribution in [0.1, 0.15) is 12.5 Å². The zero-order chi connectivity index (χ0) is 15.9. The minimum Gasteiger partial charge on any atom is -0.484 e. The van der Waals surface area contributed by atoms with E-state index >= 15 is 0 Å². The van der Waals surface area contributed by atoms with Gasteiger partial charge in [0.2, 0.25) is 0 Å². The van der Waals surface area contributed by atoms with Crippen molar-refractivity contribution in [3.8, 4) is 5.75 Å². The lowest BCUT2D eigenvalue weighted by Crippen LogP contribution is -2.25. The molecular formula is C16H16BrN3O2. The third-order valence-electron chi connectivity index (χ3n) is 2.84. The van der Waals surface area contributed by atoms with Crippen molar-refractivity contribution in [3.63, 3.8) is 0 Å². The van der Waals surface area contributed by atoms with Crippen LogP contribution in [0.25, 0.3) is 0 Å². The number of nitrogens with one attached hydrogen (secondary N) is 1. The number of hydrazone groups is 1. The summed E-state index contributed by atoms with van der Waals surface area (Å²) in [5.41, 5.74) is 10.3. The fourth-order valence-corrected chi connectivity index (χ4v) is 1.95. The number of nitrogen functional groups attached to an aromatic ring is 1. The van der Waals surface area contributed by atoms with Crippen LogP contribution in [-0.2, 0) is 4.79 Å². The molecule has 22 heavy (non-hydrogen) atoms. The maximum Gasteiger partial charge on any atom is 0.277 e. The maximum atomic E-state index is 11.7. The van der Waals surface area contributed by atoms with E-state index in [0.29, 0.717) is 17.1 Å². The summed E-state index contributed by atoms with van der Waals surface area (Å²) in [6.45, 7) is 1.69. The Bertz CT molecular complexity index is 684. The zero-order valence-electron chi connectivity index (χ0n) is 12.0. The number of carbonyl (C=O) groups is 1. The fourth-order valence-electron chi connectivity index (χ4n) is 1.69. The molecule has 6 heteroatoms. The van der Waals surface area contributed by atoms with Crippen molar-refractivity contribution in [1.82, 2.24) is 5.43 Å². The van der Waals surface area contributed by atoms with Gasteiger partial charge in [0.05, 0.1) is 5.71 Å². The van der Waals surface area contributed by atoms with Crippen LogP contribution in [0, 0.1) is 0 Å². The summed E-state index contributed by atoms with van der Waals surface area (Å²) >= 11 is 3.33. The van der Waals surface area contributed by atoms with Gasteiger partial charge in [0, 0.05) is 10.2 Å². The van der Waals surface area contributed by atoms with E-state index in [4.69, 9.17) is 10.5 Å². The summed E-state index contributed by atoms with van der Waals surface area (Å²) in [5.74, 6) is 0.293. The molecule has 5 nitrogen and oxygen atoms in total. The normalized spacial score (nSPS) is 11.1. The highest BCUT2D eigenvalue weighted by molar-refractivity contribution is 9.10. The quantitative estimate of drug-likeness (QED) is 0.488. The van der Waals surface area contributed by atoms with Crippen LogP contribution >= 0.6 is 15.9 Å². The van der Waals surface area contributed by atoms with E-state index in [1.165, 1.54) is 0 Å². The molecule has 0 saturated heterocycles. The third-order valence-corrected chi connectivity index (χ3v) is 3.36. The number of nitrogens with zero attached hydrogens (tertiary/aromatic N) is 1. The molecular weight excluding hydrogens is 346 g/mol. The van der Waals surface area contributed by atoms with Crippen molar-refractivity contribution in [2.45, 2.75) is 6.92 Å². The Morgan fingerprint density at radius 1 is 1.27 bits per heavy atom. The van der Waals surface area contributed by atoms with Crippen molar-refractivity contribution in [2.75, 3.05) is 12.3 Å². The number of amides is 1. The van der Waals surface area contributed by atoms with Gasteiger partial charge >= 0.3 is 0 Å². The highest BCUT2D eigenvalue weighted by Crippen LogP contribution is 2.15. The first-order valence-electron chi connectivity index (χ1n) is 6.62. The molecule has 0 aliphatic rings. The van der Waals surface area contributed by atoms with Gasteiger partial charge in [0.1, 0.15) is 5.75 Å². The van der Waals surface area contributed by atoms with Crippen LogP contribution in [0.5, 0.6) is 5.75 Å². The number of ether oxygens (including phenoxy) is 1. The smallest absolute Gasteiger partial charge is 0.277 e. The van der Waals surface area contributed by atoms with Crippen molar-refractivity contribution in [2.24, 2.45) is 5.10 Å². The molecule has 1 amide bonds. The number of nitrogens with two attached hydrogens (primary N) is 1. The van der Waals surface area contributed by atoms with Gasteiger partial charge in [-0.15, -0.1) is 0 Å².